The van der Waals surface area contributed by atoms with Crippen LogP contribution in [0.4, 0.5) is 5.69 Å². The van der Waals surface area contributed by atoms with Gasteiger partial charge in [0, 0.05) is 17.3 Å². The van der Waals surface area contributed by atoms with Gasteiger partial charge in [-0.3, -0.25) is 9.69 Å². The highest BCUT2D eigenvalue weighted by molar-refractivity contribution is 6.30. The molecule has 25 heavy (non-hydrogen) atoms. The summed E-state index contributed by atoms with van der Waals surface area (Å²) in [5.41, 5.74) is 8.51. The lowest BCUT2D eigenvalue weighted by molar-refractivity contribution is -0.120. The molecule has 0 bridgehead atoms. The summed E-state index contributed by atoms with van der Waals surface area (Å²) in [5.74, 6) is 0.0241. The average molecular weight is 358 g/mol. The summed E-state index contributed by atoms with van der Waals surface area (Å²) in [6.07, 6.45) is 2.77. The van der Waals surface area contributed by atoms with E-state index in [1.807, 2.05) is 42.5 Å². The molecule has 1 amide bonds. The van der Waals surface area contributed by atoms with Crippen LogP contribution >= 0.6 is 11.6 Å². The third-order valence-electron chi connectivity index (χ3n) is 4.65. The Morgan fingerprint density at radius 2 is 1.88 bits per heavy atom. The van der Waals surface area contributed by atoms with E-state index in [-0.39, 0.29) is 11.9 Å². The number of nitrogens with two attached hydrogens (primary N) is 1. The molecule has 0 radical (unpaired) electrons. The van der Waals surface area contributed by atoms with Gasteiger partial charge in [0.2, 0.25) is 5.91 Å². The molecule has 1 aliphatic rings. The van der Waals surface area contributed by atoms with Crippen molar-refractivity contribution in [3.05, 3.63) is 64.7 Å². The standard InChI is InChI=1S/C20H24ClN3O/c21-17-5-3-4-16(13-17)19(24-10-1-2-11-24)14-23-20(25)12-15-6-8-18(22)9-7-15/h3-9,13,19H,1-2,10-12,14,22H2,(H,23,25). The van der Waals surface area contributed by atoms with Crippen LogP contribution in [-0.2, 0) is 11.2 Å². The van der Waals surface area contributed by atoms with Crippen LogP contribution in [-0.4, -0.2) is 30.4 Å². The molecule has 5 heteroatoms. The highest BCUT2D eigenvalue weighted by Crippen LogP contribution is 2.26. The zero-order valence-corrected chi connectivity index (χ0v) is 15.0. The Morgan fingerprint density at radius 3 is 2.56 bits per heavy atom. The van der Waals surface area contributed by atoms with Gasteiger partial charge in [-0.2, -0.15) is 0 Å². The van der Waals surface area contributed by atoms with Crippen molar-refractivity contribution in [3.63, 3.8) is 0 Å². The van der Waals surface area contributed by atoms with Gasteiger partial charge in [0.25, 0.3) is 0 Å². The van der Waals surface area contributed by atoms with Gasteiger partial charge in [-0.15, -0.1) is 0 Å². The van der Waals surface area contributed by atoms with Gasteiger partial charge in [-0.05, 0) is 61.3 Å². The smallest absolute Gasteiger partial charge is 0.224 e. The third-order valence-corrected chi connectivity index (χ3v) is 4.89. The highest BCUT2D eigenvalue weighted by Gasteiger charge is 2.24. The lowest BCUT2D eigenvalue weighted by Crippen LogP contribution is -2.37. The van der Waals surface area contributed by atoms with Crippen LogP contribution in [0, 0.1) is 0 Å². The predicted octanol–water partition coefficient (Wildman–Crippen LogP) is 3.42. The van der Waals surface area contributed by atoms with Gasteiger partial charge < -0.3 is 11.1 Å². The maximum atomic E-state index is 12.3. The normalized spacial score (nSPS) is 15.9. The van der Waals surface area contributed by atoms with Crippen molar-refractivity contribution >= 4 is 23.2 Å². The van der Waals surface area contributed by atoms with E-state index in [9.17, 15) is 4.79 Å². The molecule has 2 aromatic carbocycles. The van der Waals surface area contributed by atoms with E-state index in [4.69, 9.17) is 17.3 Å². The zero-order valence-electron chi connectivity index (χ0n) is 14.2. The van der Waals surface area contributed by atoms with E-state index in [1.54, 1.807) is 0 Å². The topological polar surface area (TPSA) is 58.4 Å². The number of halogens is 1. The number of carbonyl (C=O) groups excluding carboxylic acids is 1. The van der Waals surface area contributed by atoms with Crippen molar-refractivity contribution in [2.45, 2.75) is 25.3 Å². The summed E-state index contributed by atoms with van der Waals surface area (Å²) in [6, 6.07) is 15.5. The van der Waals surface area contributed by atoms with Crippen LogP contribution in [0.25, 0.3) is 0 Å². The van der Waals surface area contributed by atoms with E-state index in [2.05, 4.69) is 16.3 Å². The Balaban J connectivity index is 1.63. The lowest BCUT2D eigenvalue weighted by Gasteiger charge is -2.28. The molecule has 0 saturated carbocycles. The third kappa shape index (κ3) is 4.97. The number of nitrogen functional groups attached to an aromatic ring is 1. The van der Waals surface area contributed by atoms with Crippen LogP contribution in [0.5, 0.6) is 0 Å². The quantitative estimate of drug-likeness (QED) is 0.779. The van der Waals surface area contributed by atoms with Crippen molar-refractivity contribution in [2.24, 2.45) is 0 Å². The van der Waals surface area contributed by atoms with E-state index in [0.717, 1.165) is 29.2 Å². The number of rotatable bonds is 6. The molecule has 0 aromatic heterocycles. The summed E-state index contributed by atoms with van der Waals surface area (Å²) in [5, 5.41) is 3.82. The summed E-state index contributed by atoms with van der Waals surface area (Å²) in [4.78, 5) is 14.8. The maximum absolute atomic E-state index is 12.3. The van der Waals surface area contributed by atoms with Crippen LogP contribution in [0.1, 0.15) is 30.0 Å². The SMILES string of the molecule is Nc1ccc(CC(=O)NCC(c2cccc(Cl)c2)N2CCCC2)cc1. The van der Waals surface area contributed by atoms with E-state index in [1.165, 1.54) is 12.8 Å². The number of nitrogens with one attached hydrogen (secondary N) is 1. The summed E-state index contributed by atoms with van der Waals surface area (Å²) in [6.45, 7) is 2.71. The minimum Gasteiger partial charge on any atom is -0.399 e. The average Bonchev–Trinajstić information content (AvgIpc) is 3.12. The van der Waals surface area contributed by atoms with Crippen LogP contribution in [0.3, 0.4) is 0 Å². The molecule has 1 aliphatic heterocycles. The Hall–Kier alpha value is -2.04. The number of hydrogen-bond acceptors (Lipinski definition) is 3. The summed E-state index contributed by atoms with van der Waals surface area (Å²) in [7, 11) is 0. The largest absolute Gasteiger partial charge is 0.399 e. The van der Waals surface area contributed by atoms with Gasteiger partial charge in [0.15, 0.2) is 0 Å². The first-order valence-electron chi connectivity index (χ1n) is 8.72. The fourth-order valence-electron chi connectivity index (χ4n) is 3.32. The fraction of sp³-hybridized carbons (Fsp3) is 0.350. The maximum Gasteiger partial charge on any atom is 0.224 e. The van der Waals surface area contributed by atoms with Gasteiger partial charge in [0.1, 0.15) is 0 Å². The molecule has 0 aliphatic carbocycles. The summed E-state index contributed by atoms with van der Waals surface area (Å²) < 4.78 is 0. The number of hydrogen-bond donors (Lipinski definition) is 2. The first-order valence-corrected chi connectivity index (χ1v) is 9.10. The number of carbonyl (C=O) groups is 1. The minimum atomic E-state index is 0.0241. The molecule has 2 aromatic rings. The van der Waals surface area contributed by atoms with Crippen molar-refractivity contribution in [1.82, 2.24) is 10.2 Å². The second-order valence-corrected chi connectivity index (χ2v) is 6.97. The number of nitrogens with zero attached hydrogens (tertiary/aromatic N) is 1. The van der Waals surface area contributed by atoms with Crippen molar-refractivity contribution in [1.29, 1.82) is 0 Å². The molecule has 1 saturated heterocycles. The van der Waals surface area contributed by atoms with Crippen LogP contribution in [0.15, 0.2) is 48.5 Å². The lowest BCUT2D eigenvalue weighted by atomic mass is 10.1. The number of anilines is 1. The summed E-state index contributed by atoms with van der Waals surface area (Å²) >= 11 is 6.16. The zero-order chi connectivity index (χ0) is 17.6. The monoisotopic (exact) mass is 357 g/mol. The second kappa shape index (κ2) is 8.37. The van der Waals surface area contributed by atoms with Gasteiger partial charge in [-0.25, -0.2) is 0 Å². The molecular weight excluding hydrogens is 334 g/mol. The van der Waals surface area contributed by atoms with Crippen molar-refractivity contribution < 1.29 is 4.79 Å². The molecule has 0 spiro atoms. The molecule has 1 fully saturated rings. The first-order chi connectivity index (χ1) is 12.1. The van der Waals surface area contributed by atoms with Crippen LogP contribution < -0.4 is 11.1 Å². The molecule has 1 unspecified atom stereocenters. The van der Waals surface area contributed by atoms with E-state index >= 15 is 0 Å². The number of benzene rings is 2. The van der Waals surface area contributed by atoms with Crippen LogP contribution in [0.2, 0.25) is 5.02 Å². The molecule has 4 nitrogen and oxygen atoms in total. The van der Waals surface area contributed by atoms with Gasteiger partial charge >= 0.3 is 0 Å². The fourth-order valence-corrected chi connectivity index (χ4v) is 3.52. The Kier molecular flexibility index (Phi) is 5.95. The number of amides is 1. The first kappa shape index (κ1) is 17.8. The van der Waals surface area contributed by atoms with E-state index < -0.39 is 0 Å². The van der Waals surface area contributed by atoms with E-state index in [0.29, 0.717) is 18.7 Å². The van der Waals surface area contributed by atoms with Crippen molar-refractivity contribution in [2.75, 3.05) is 25.4 Å². The molecule has 3 rings (SSSR count). The molecular formula is C20H24ClN3O. The predicted molar refractivity (Wildman–Crippen MR) is 103 cm³/mol. The second-order valence-electron chi connectivity index (χ2n) is 6.54. The minimum absolute atomic E-state index is 0.0241. The Labute approximate surface area is 154 Å². The Morgan fingerprint density at radius 1 is 1.16 bits per heavy atom. The number of likely N-dealkylation sites (tertiary alicyclic amines) is 1. The molecule has 1 heterocycles. The highest BCUT2D eigenvalue weighted by atomic mass is 35.5. The Bertz CT molecular complexity index is 711. The van der Waals surface area contributed by atoms with Gasteiger partial charge in [0.05, 0.1) is 12.5 Å². The molecule has 132 valence electrons. The van der Waals surface area contributed by atoms with Gasteiger partial charge in [-0.1, -0.05) is 35.9 Å². The molecule has 3 N–H and O–H groups in total. The van der Waals surface area contributed by atoms with Crippen molar-refractivity contribution in [3.8, 4) is 0 Å². The molecule has 1 atom stereocenters.